The molecule has 0 saturated heterocycles. The number of carbonyl (C=O) groups excluding carboxylic acids is 1. The lowest BCUT2D eigenvalue weighted by molar-refractivity contribution is -0.154. The molecule has 0 bridgehead atoms. The van der Waals surface area contributed by atoms with Crippen molar-refractivity contribution in [1.29, 1.82) is 0 Å². The van der Waals surface area contributed by atoms with Gasteiger partial charge in [-0.1, -0.05) is 0 Å². The summed E-state index contributed by atoms with van der Waals surface area (Å²) in [6.07, 6.45) is 0. The number of rotatable bonds is 3. The first-order valence-electron chi connectivity index (χ1n) is 2.40. The van der Waals surface area contributed by atoms with E-state index in [-0.39, 0.29) is 5.88 Å². The molecule has 0 unspecified atom stereocenters. The molecular weight excluding hydrogens is 165 g/mol. The minimum atomic E-state index is -0.458. The molecule has 0 aromatic rings. The van der Waals surface area contributed by atoms with Crippen LogP contribution in [0.4, 0.5) is 0 Å². The average molecular weight is 172 g/mol. The third kappa shape index (κ3) is 3.56. The van der Waals surface area contributed by atoms with E-state index in [1.807, 2.05) is 0 Å². The maximum Gasteiger partial charge on any atom is 0.276 e. The maximum atomic E-state index is 10.4. The Labute approximate surface area is 63.5 Å². The van der Waals surface area contributed by atoms with Gasteiger partial charge >= 0.3 is 0 Å². The van der Waals surface area contributed by atoms with Crippen LogP contribution in [0.25, 0.3) is 0 Å². The van der Waals surface area contributed by atoms with Crippen molar-refractivity contribution in [2.75, 3.05) is 12.5 Å². The Kier molecular flexibility index (Phi) is 4.85. The van der Waals surface area contributed by atoms with Crippen molar-refractivity contribution in [3.05, 3.63) is 0 Å². The second kappa shape index (κ2) is 4.85. The molecule has 0 saturated carbocycles. The van der Waals surface area contributed by atoms with Gasteiger partial charge in [-0.3, -0.25) is 9.63 Å². The van der Waals surface area contributed by atoms with Crippen LogP contribution >= 0.6 is 23.4 Å². The van der Waals surface area contributed by atoms with E-state index in [9.17, 15) is 4.79 Å². The standard InChI is InChI=1S/C4H7Cl2NO2/c1-2-9-7(6)4(8)3-5/h2-3H2,1H3. The molecule has 0 spiro atoms. The van der Waals surface area contributed by atoms with Gasteiger partial charge in [-0.05, 0) is 6.92 Å². The predicted octanol–water partition coefficient (Wildman–Crippen LogP) is 1.16. The van der Waals surface area contributed by atoms with E-state index < -0.39 is 5.91 Å². The maximum absolute atomic E-state index is 10.4. The summed E-state index contributed by atoms with van der Waals surface area (Å²) >= 11 is 10.3. The Balaban J connectivity index is 3.45. The summed E-state index contributed by atoms with van der Waals surface area (Å²) in [5, 5.41) is 0. The lowest BCUT2D eigenvalue weighted by Crippen LogP contribution is -2.22. The number of amides is 1. The number of hydroxylamine groups is 1. The van der Waals surface area contributed by atoms with Crippen molar-refractivity contribution < 1.29 is 9.63 Å². The summed E-state index contributed by atoms with van der Waals surface area (Å²) in [5.41, 5.74) is 0. The van der Waals surface area contributed by atoms with Crippen molar-refractivity contribution >= 4 is 29.3 Å². The van der Waals surface area contributed by atoms with Gasteiger partial charge in [-0.2, -0.15) is 0 Å². The van der Waals surface area contributed by atoms with Crippen LogP contribution in [0.5, 0.6) is 0 Å². The molecule has 0 aromatic heterocycles. The van der Waals surface area contributed by atoms with Gasteiger partial charge in [0, 0.05) is 11.8 Å². The number of alkyl halides is 1. The largest absolute Gasteiger partial charge is 0.276 e. The topological polar surface area (TPSA) is 29.5 Å². The van der Waals surface area contributed by atoms with Crippen molar-refractivity contribution in [3.63, 3.8) is 0 Å². The summed E-state index contributed by atoms with van der Waals surface area (Å²) < 4.78 is 0.604. The third-order valence-electron chi connectivity index (χ3n) is 0.553. The van der Waals surface area contributed by atoms with Crippen LogP contribution < -0.4 is 0 Å². The van der Waals surface area contributed by atoms with Gasteiger partial charge in [0.15, 0.2) is 0 Å². The van der Waals surface area contributed by atoms with Crippen molar-refractivity contribution in [2.45, 2.75) is 6.92 Å². The fourth-order valence-electron chi connectivity index (χ4n) is 0.232. The van der Waals surface area contributed by atoms with Gasteiger partial charge in [0.2, 0.25) is 0 Å². The van der Waals surface area contributed by atoms with Crippen LogP contribution in [-0.4, -0.2) is 23.0 Å². The first-order valence-corrected chi connectivity index (χ1v) is 3.27. The van der Waals surface area contributed by atoms with Crippen LogP contribution in [0, 0.1) is 0 Å². The van der Waals surface area contributed by atoms with Crippen molar-refractivity contribution in [1.82, 2.24) is 4.58 Å². The summed E-state index contributed by atoms with van der Waals surface area (Å²) in [6, 6.07) is 0. The normalized spacial score (nSPS) is 9.22. The molecule has 0 rings (SSSR count). The second-order valence-electron chi connectivity index (χ2n) is 1.19. The highest BCUT2D eigenvalue weighted by atomic mass is 35.5. The average Bonchev–Trinajstić information content (AvgIpc) is 1.87. The van der Waals surface area contributed by atoms with Gasteiger partial charge < -0.3 is 0 Å². The molecule has 9 heavy (non-hydrogen) atoms. The van der Waals surface area contributed by atoms with E-state index in [1.165, 1.54) is 0 Å². The van der Waals surface area contributed by atoms with Crippen LogP contribution in [-0.2, 0) is 9.63 Å². The Morgan fingerprint density at radius 1 is 1.78 bits per heavy atom. The Hall–Kier alpha value is 0.01000. The van der Waals surface area contributed by atoms with Crippen LogP contribution in [0.2, 0.25) is 0 Å². The third-order valence-corrected chi connectivity index (χ3v) is 1.07. The highest BCUT2D eigenvalue weighted by molar-refractivity contribution is 6.31. The fourth-order valence-corrected chi connectivity index (χ4v) is 0.559. The van der Waals surface area contributed by atoms with Gasteiger partial charge in [0.05, 0.1) is 6.61 Å². The van der Waals surface area contributed by atoms with Crippen LogP contribution in [0.15, 0.2) is 0 Å². The van der Waals surface area contributed by atoms with E-state index in [2.05, 4.69) is 4.84 Å². The van der Waals surface area contributed by atoms with Gasteiger partial charge in [0.1, 0.15) is 5.88 Å². The van der Waals surface area contributed by atoms with Crippen LogP contribution in [0.3, 0.4) is 0 Å². The summed E-state index contributed by atoms with van der Waals surface area (Å²) in [6.45, 7) is 2.07. The Morgan fingerprint density at radius 2 is 2.33 bits per heavy atom. The first kappa shape index (κ1) is 9.01. The molecule has 1 amide bonds. The Bertz CT molecular complexity index is 98.6. The molecule has 0 aliphatic carbocycles. The second-order valence-corrected chi connectivity index (χ2v) is 1.76. The summed E-state index contributed by atoms with van der Waals surface area (Å²) in [7, 11) is 0. The lowest BCUT2D eigenvalue weighted by atomic mass is 10.8. The molecule has 54 valence electrons. The fraction of sp³-hybridized carbons (Fsp3) is 0.750. The van der Waals surface area contributed by atoms with E-state index >= 15 is 0 Å². The number of nitrogens with zero attached hydrogens (tertiary/aromatic N) is 1. The molecule has 0 fully saturated rings. The van der Waals surface area contributed by atoms with E-state index in [0.29, 0.717) is 11.2 Å². The minimum Gasteiger partial charge on any atom is -0.270 e. The smallest absolute Gasteiger partial charge is 0.270 e. The van der Waals surface area contributed by atoms with Crippen LogP contribution in [0.1, 0.15) is 6.92 Å². The zero-order chi connectivity index (χ0) is 7.28. The molecule has 0 aliphatic rings. The molecule has 0 atom stereocenters. The number of hydrogen-bond donors (Lipinski definition) is 0. The number of halogens is 2. The number of hydrogen-bond acceptors (Lipinski definition) is 2. The lowest BCUT2D eigenvalue weighted by Gasteiger charge is -2.08. The SMILES string of the molecule is CCON(Cl)C(=O)CCl. The van der Waals surface area contributed by atoms with Crippen molar-refractivity contribution in [3.8, 4) is 0 Å². The van der Waals surface area contributed by atoms with E-state index in [1.54, 1.807) is 6.92 Å². The zero-order valence-electron chi connectivity index (χ0n) is 4.93. The molecule has 5 heteroatoms. The molecular formula is C4H7Cl2NO2. The monoisotopic (exact) mass is 171 g/mol. The molecule has 0 aliphatic heterocycles. The predicted molar refractivity (Wildman–Crippen MR) is 35.0 cm³/mol. The van der Waals surface area contributed by atoms with E-state index in [0.717, 1.165) is 0 Å². The molecule has 0 heterocycles. The van der Waals surface area contributed by atoms with Gasteiger partial charge in [0.25, 0.3) is 5.91 Å². The first-order chi connectivity index (χ1) is 4.22. The summed E-state index contributed by atoms with van der Waals surface area (Å²) in [4.78, 5) is 15.0. The van der Waals surface area contributed by atoms with Gasteiger partial charge in [-0.15, -0.1) is 16.2 Å². The number of carbonyl (C=O) groups is 1. The van der Waals surface area contributed by atoms with Gasteiger partial charge in [-0.25, -0.2) is 0 Å². The zero-order valence-corrected chi connectivity index (χ0v) is 6.45. The quantitative estimate of drug-likeness (QED) is 0.363. The molecule has 0 radical (unpaired) electrons. The Morgan fingerprint density at radius 3 is 2.67 bits per heavy atom. The molecule has 0 N–H and O–H groups in total. The van der Waals surface area contributed by atoms with E-state index in [4.69, 9.17) is 23.4 Å². The highest BCUT2D eigenvalue weighted by Gasteiger charge is 2.07. The minimum absolute atomic E-state index is 0.163. The molecule has 0 aromatic carbocycles. The van der Waals surface area contributed by atoms with Crippen molar-refractivity contribution in [2.24, 2.45) is 0 Å². The summed E-state index contributed by atoms with van der Waals surface area (Å²) in [5.74, 6) is -0.621. The highest BCUT2D eigenvalue weighted by Crippen LogP contribution is 1.97. The molecule has 3 nitrogen and oxygen atoms in total.